The largest absolute Gasteiger partial charge is 0.334 e. The van der Waals surface area contributed by atoms with E-state index in [1.54, 1.807) is 6.07 Å². The molecule has 0 atom stereocenters. The van der Waals surface area contributed by atoms with E-state index in [9.17, 15) is 9.18 Å². The molecule has 3 nitrogen and oxygen atoms in total. The number of carbonyl (C=O) groups is 1. The van der Waals surface area contributed by atoms with E-state index in [2.05, 4.69) is 10.6 Å². The molecule has 0 aromatic heterocycles. The van der Waals surface area contributed by atoms with Crippen LogP contribution in [0.2, 0.25) is 5.02 Å². The minimum Gasteiger partial charge on any atom is -0.334 e. The van der Waals surface area contributed by atoms with Crippen molar-refractivity contribution >= 4 is 23.3 Å². The van der Waals surface area contributed by atoms with Crippen LogP contribution in [0.5, 0.6) is 0 Å². The summed E-state index contributed by atoms with van der Waals surface area (Å²) in [6, 6.07) is 9.85. The van der Waals surface area contributed by atoms with Gasteiger partial charge in [0.25, 0.3) is 0 Å². The lowest BCUT2D eigenvalue weighted by Crippen LogP contribution is -2.28. The molecule has 110 valence electrons. The van der Waals surface area contributed by atoms with Gasteiger partial charge in [-0.1, -0.05) is 23.7 Å². The SMILES string of the molecule is Cc1cc(C)cc(NC(=O)NCc2ccc(F)c(Cl)c2)c1. The highest BCUT2D eigenvalue weighted by Gasteiger charge is 2.05. The first-order valence-corrected chi connectivity index (χ1v) is 6.89. The van der Waals surface area contributed by atoms with Gasteiger partial charge in [-0.05, 0) is 54.8 Å². The maximum absolute atomic E-state index is 13.0. The average Bonchev–Trinajstić information content (AvgIpc) is 2.39. The van der Waals surface area contributed by atoms with Gasteiger partial charge in [-0.3, -0.25) is 0 Å². The van der Waals surface area contributed by atoms with E-state index in [-0.39, 0.29) is 17.6 Å². The number of halogens is 2. The maximum atomic E-state index is 13.0. The molecule has 21 heavy (non-hydrogen) atoms. The highest BCUT2D eigenvalue weighted by Crippen LogP contribution is 2.16. The molecule has 5 heteroatoms. The van der Waals surface area contributed by atoms with Crippen LogP contribution in [-0.2, 0) is 6.54 Å². The number of nitrogens with one attached hydrogen (secondary N) is 2. The van der Waals surface area contributed by atoms with Gasteiger partial charge in [-0.2, -0.15) is 0 Å². The van der Waals surface area contributed by atoms with Crippen LogP contribution < -0.4 is 10.6 Å². The molecule has 0 aliphatic carbocycles. The lowest BCUT2D eigenvalue weighted by Gasteiger charge is -2.09. The van der Waals surface area contributed by atoms with Gasteiger partial charge in [0.15, 0.2) is 0 Å². The number of hydrogen-bond acceptors (Lipinski definition) is 1. The molecule has 2 aromatic carbocycles. The molecular formula is C16H16ClFN2O. The van der Waals surface area contributed by atoms with Crippen molar-refractivity contribution in [1.82, 2.24) is 5.32 Å². The van der Waals surface area contributed by atoms with Gasteiger partial charge in [-0.15, -0.1) is 0 Å². The molecule has 0 unspecified atom stereocenters. The monoisotopic (exact) mass is 306 g/mol. The van der Waals surface area contributed by atoms with Gasteiger partial charge in [0.1, 0.15) is 5.82 Å². The van der Waals surface area contributed by atoms with Crippen LogP contribution in [-0.4, -0.2) is 6.03 Å². The summed E-state index contributed by atoms with van der Waals surface area (Å²) in [7, 11) is 0. The molecule has 0 heterocycles. The third kappa shape index (κ3) is 4.46. The molecule has 0 saturated carbocycles. The Morgan fingerprint density at radius 1 is 1.14 bits per heavy atom. The van der Waals surface area contributed by atoms with E-state index in [1.165, 1.54) is 12.1 Å². The summed E-state index contributed by atoms with van der Waals surface area (Å²) in [5.41, 5.74) is 3.63. The Kier molecular flexibility index (Phi) is 4.81. The van der Waals surface area contributed by atoms with E-state index >= 15 is 0 Å². The fourth-order valence-electron chi connectivity index (χ4n) is 2.05. The van der Waals surface area contributed by atoms with Gasteiger partial charge >= 0.3 is 6.03 Å². The van der Waals surface area contributed by atoms with Crippen molar-refractivity contribution in [3.8, 4) is 0 Å². The average molecular weight is 307 g/mol. The zero-order valence-corrected chi connectivity index (χ0v) is 12.6. The highest BCUT2D eigenvalue weighted by atomic mass is 35.5. The second-order valence-corrected chi connectivity index (χ2v) is 5.34. The first-order valence-electron chi connectivity index (χ1n) is 6.51. The topological polar surface area (TPSA) is 41.1 Å². The number of rotatable bonds is 3. The third-order valence-electron chi connectivity index (χ3n) is 2.92. The summed E-state index contributed by atoms with van der Waals surface area (Å²) < 4.78 is 13.0. The zero-order valence-electron chi connectivity index (χ0n) is 11.8. The smallest absolute Gasteiger partial charge is 0.319 e. The molecule has 2 N–H and O–H groups in total. The van der Waals surface area contributed by atoms with Crippen molar-refractivity contribution < 1.29 is 9.18 Å². The molecule has 0 aliphatic heterocycles. The summed E-state index contributed by atoms with van der Waals surface area (Å²) >= 11 is 5.69. The van der Waals surface area contributed by atoms with Crippen LogP contribution in [0.25, 0.3) is 0 Å². The Hall–Kier alpha value is -2.07. The molecule has 0 radical (unpaired) electrons. The van der Waals surface area contributed by atoms with Gasteiger partial charge in [0.2, 0.25) is 0 Å². The summed E-state index contributed by atoms with van der Waals surface area (Å²) in [6.07, 6.45) is 0. The molecule has 0 bridgehead atoms. The van der Waals surface area contributed by atoms with Crippen LogP contribution in [0.3, 0.4) is 0 Å². The minimum absolute atomic E-state index is 0.0454. The first-order chi connectivity index (χ1) is 9.94. The Labute approximate surface area is 128 Å². The van der Waals surface area contributed by atoms with Crippen LogP contribution in [0.15, 0.2) is 36.4 Å². The number of anilines is 1. The van der Waals surface area contributed by atoms with Crippen LogP contribution in [0.1, 0.15) is 16.7 Å². The number of carbonyl (C=O) groups excluding carboxylic acids is 1. The summed E-state index contributed by atoms with van der Waals surface area (Å²) in [6.45, 7) is 4.21. The molecule has 2 aromatic rings. The van der Waals surface area contributed by atoms with E-state index in [0.29, 0.717) is 0 Å². The first kappa shape index (κ1) is 15.3. The zero-order chi connectivity index (χ0) is 15.4. The predicted molar refractivity (Wildman–Crippen MR) is 83.2 cm³/mol. The van der Waals surface area contributed by atoms with Gasteiger partial charge in [0.05, 0.1) is 5.02 Å². The summed E-state index contributed by atoms with van der Waals surface area (Å²) in [5, 5.41) is 5.51. The van der Waals surface area contributed by atoms with Crippen LogP contribution >= 0.6 is 11.6 Å². The van der Waals surface area contributed by atoms with E-state index < -0.39 is 5.82 Å². The fraction of sp³-hybridized carbons (Fsp3) is 0.188. The standard InChI is InChI=1S/C16H16ClFN2O/c1-10-5-11(2)7-13(6-10)20-16(21)19-9-12-3-4-15(18)14(17)8-12/h3-8H,9H2,1-2H3,(H2,19,20,21). The van der Waals surface area contributed by atoms with Crippen molar-refractivity contribution in [2.75, 3.05) is 5.32 Å². The van der Waals surface area contributed by atoms with Crippen molar-refractivity contribution in [1.29, 1.82) is 0 Å². The van der Waals surface area contributed by atoms with E-state index in [4.69, 9.17) is 11.6 Å². The Balaban J connectivity index is 1.94. The highest BCUT2D eigenvalue weighted by molar-refractivity contribution is 6.30. The maximum Gasteiger partial charge on any atom is 0.319 e. The predicted octanol–water partition coefficient (Wildman–Crippen LogP) is 4.42. The second-order valence-electron chi connectivity index (χ2n) is 4.93. The molecule has 0 fully saturated rings. The minimum atomic E-state index is -0.472. The summed E-state index contributed by atoms with van der Waals surface area (Å²) in [4.78, 5) is 11.8. The normalized spacial score (nSPS) is 10.3. The molecule has 2 rings (SSSR count). The summed E-state index contributed by atoms with van der Waals surface area (Å²) in [5.74, 6) is -0.472. The van der Waals surface area contributed by atoms with Gasteiger partial charge < -0.3 is 10.6 Å². The van der Waals surface area contributed by atoms with Crippen molar-refractivity contribution in [2.45, 2.75) is 20.4 Å². The second kappa shape index (κ2) is 6.59. The third-order valence-corrected chi connectivity index (χ3v) is 3.21. The van der Waals surface area contributed by atoms with Crippen molar-refractivity contribution in [3.63, 3.8) is 0 Å². The van der Waals surface area contributed by atoms with Gasteiger partial charge in [-0.25, -0.2) is 9.18 Å². The molecule has 0 saturated heterocycles. The molecule has 0 aliphatic rings. The van der Waals surface area contributed by atoms with E-state index in [0.717, 1.165) is 22.4 Å². The van der Waals surface area contributed by atoms with E-state index in [1.807, 2.05) is 32.0 Å². The molecular weight excluding hydrogens is 291 g/mol. The number of benzene rings is 2. The lowest BCUT2D eigenvalue weighted by molar-refractivity contribution is 0.251. The van der Waals surface area contributed by atoms with Crippen molar-refractivity contribution in [2.24, 2.45) is 0 Å². The Morgan fingerprint density at radius 3 is 2.43 bits per heavy atom. The number of aryl methyl sites for hydroxylation is 2. The Morgan fingerprint density at radius 2 is 1.81 bits per heavy atom. The number of hydrogen-bond donors (Lipinski definition) is 2. The van der Waals surface area contributed by atoms with Gasteiger partial charge in [0, 0.05) is 12.2 Å². The number of urea groups is 1. The quantitative estimate of drug-likeness (QED) is 0.866. The lowest BCUT2D eigenvalue weighted by atomic mass is 10.1. The molecule has 2 amide bonds. The number of amides is 2. The van der Waals surface area contributed by atoms with Crippen LogP contribution in [0.4, 0.5) is 14.9 Å². The van der Waals surface area contributed by atoms with Crippen LogP contribution in [0, 0.1) is 19.7 Å². The fourth-order valence-corrected chi connectivity index (χ4v) is 2.26. The Bertz CT molecular complexity index is 653. The van der Waals surface area contributed by atoms with Crippen molar-refractivity contribution in [3.05, 3.63) is 63.9 Å². The molecule has 0 spiro atoms.